The molecule has 1 aromatic rings. The lowest BCUT2D eigenvalue weighted by Gasteiger charge is -2.17. The maximum atomic E-state index is 11.0. The Labute approximate surface area is 113 Å². The lowest BCUT2D eigenvalue weighted by atomic mass is 10.1. The fourth-order valence-electron chi connectivity index (χ4n) is 1.88. The monoisotopic (exact) mass is 267 g/mol. The van der Waals surface area contributed by atoms with Crippen molar-refractivity contribution in [1.82, 2.24) is 0 Å². The Hall–Kier alpha value is -1.75. The summed E-state index contributed by atoms with van der Waals surface area (Å²) in [5, 5.41) is 12.8. The van der Waals surface area contributed by atoms with E-state index in [0.717, 1.165) is 22.6 Å². The minimum absolute atomic E-state index is 0.0310. The number of aryl methyl sites for hydroxylation is 2. The summed E-state index contributed by atoms with van der Waals surface area (Å²) in [6.07, 6.45) is -0.825. The van der Waals surface area contributed by atoms with Gasteiger partial charge in [-0.1, -0.05) is 6.07 Å². The number of carbonyl (C=O) groups excluding carboxylic acids is 1. The molecule has 2 N–H and O–H groups in total. The molecule has 1 aromatic carbocycles. The number of carbonyl (C=O) groups is 1. The number of hydrogen-bond donors (Lipinski definition) is 2. The van der Waals surface area contributed by atoms with Gasteiger partial charge in [0.1, 0.15) is 5.75 Å². The molecule has 0 amide bonds. The van der Waals surface area contributed by atoms with Gasteiger partial charge in [0.05, 0.1) is 32.4 Å². The third kappa shape index (κ3) is 4.44. The van der Waals surface area contributed by atoms with Crippen molar-refractivity contribution in [3.05, 3.63) is 23.3 Å². The molecule has 0 bridgehead atoms. The van der Waals surface area contributed by atoms with E-state index in [2.05, 4.69) is 10.1 Å². The predicted octanol–water partition coefficient (Wildman–Crippen LogP) is 1.65. The lowest BCUT2D eigenvalue weighted by molar-refractivity contribution is -0.142. The standard InChI is InChI=1S/C14H21NO4/c1-9-5-10(2)14(12(6-9)18-3)15-8-11(16)7-13(17)19-4/h5-6,11,15-16H,7-8H2,1-4H3. The van der Waals surface area contributed by atoms with Crippen LogP contribution in [-0.2, 0) is 9.53 Å². The molecule has 0 radical (unpaired) electrons. The number of anilines is 1. The van der Waals surface area contributed by atoms with E-state index >= 15 is 0 Å². The fourth-order valence-corrected chi connectivity index (χ4v) is 1.88. The van der Waals surface area contributed by atoms with Gasteiger partial charge in [-0.05, 0) is 31.0 Å². The minimum Gasteiger partial charge on any atom is -0.495 e. The Morgan fingerprint density at radius 2 is 2.05 bits per heavy atom. The van der Waals surface area contributed by atoms with Crippen LogP contribution in [0.3, 0.4) is 0 Å². The number of methoxy groups -OCH3 is 2. The zero-order valence-electron chi connectivity index (χ0n) is 11.8. The van der Waals surface area contributed by atoms with Gasteiger partial charge in [-0.15, -0.1) is 0 Å². The Morgan fingerprint density at radius 3 is 2.63 bits per heavy atom. The van der Waals surface area contributed by atoms with Gasteiger partial charge >= 0.3 is 5.97 Å². The Balaban J connectivity index is 2.69. The quantitative estimate of drug-likeness (QED) is 0.767. The first-order valence-corrected chi connectivity index (χ1v) is 6.12. The Morgan fingerprint density at radius 1 is 1.37 bits per heavy atom. The molecule has 106 valence electrons. The maximum Gasteiger partial charge on any atom is 0.308 e. The fraction of sp³-hybridized carbons (Fsp3) is 0.500. The molecule has 0 fully saturated rings. The van der Waals surface area contributed by atoms with E-state index in [1.165, 1.54) is 7.11 Å². The zero-order chi connectivity index (χ0) is 14.4. The van der Waals surface area contributed by atoms with Gasteiger partial charge in [-0.3, -0.25) is 4.79 Å². The van der Waals surface area contributed by atoms with Crippen LogP contribution in [0.4, 0.5) is 5.69 Å². The highest BCUT2D eigenvalue weighted by atomic mass is 16.5. The Bertz CT molecular complexity index is 445. The summed E-state index contributed by atoms with van der Waals surface area (Å²) < 4.78 is 9.81. The van der Waals surface area contributed by atoms with Crippen molar-refractivity contribution in [2.24, 2.45) is 0 Å². The maximum absolute atomic E-state index is 11.0. The lowest BCUT2D eigenvalue weighted by Crippen LogP contribution is -2.23. The normalized spacial score (nSPS) is 11.8. The molecule has 0 heterocycles. The first-order valence-electron chi connectivity index (χ1n) is 6.12. The van der Waals surface area contributed by atoms with Gasteiger partial charge in [0.15, 0.2) is 0 Å². The van der Waals surface area contributed by atoms with Crippen molar-refractivity contribution in [2.45, 2.75) is 26.4 Å². The molecule has 5 heteroatoms. The number of benzene rings is 1. The summed E-state index contributed by atoms with van der Waals surface area (Å²) in [7, 11) is 2.90. The van der Waals surface area contributed by atoms with Crippen LogP contribution in [0.1, 0.15) is 17.5 Å². The van der Waals surface area contributed by atoms with Crippen LogP contribution in [0.5, 0.6) is 5.75 Å². The zero-order valence-corrected chi connectivity index (χ0v) is 11.8. The molecule has 0 saturated heterocycles. The van der Waals surface area contributed by atoms with E-state index in [9.17, 15) is 9.90 Å². The van der Waals surface area contributed by atoms with Crippen molar-refractivity contribution in [3.8, 4) is 5.75 Å². The summed E-state index contributed by atoms with van der Waals surface area (Å²) in [5.41, 5.74) is 2.97. The third-order valence-corrected chi connectivity index (χ3v) is 2.81. The van der Waals surface area contributed by atoms with Gasteiger partial charge < -0.3 is 19.9 Å². The highest BCUT2D eigenvalue weighted by Crippen LogP contribution is 2.29. The molecule has 0 spiro atoms. The van der Waals surface area contributed by atoms with Crippen LogP contribution in [0.25, 0.3) is 0 Å². The molecule has 0 aliphatic rings. The summed E-state index contributed by atoms with van der Waals surface area (Å²) in [5.74, 6) is 0.296. The number of rotatable bonds is 6. The van der Waals surface area contributed by atoms with Crippen molar-refractivity contribution >= 4 is 11.7 Å². The Kier molecular flexibility index (Phi) is 5.63. The van der Waals surface area contributed by atoms with Crippen LogP contribution in [0.15, 0.2) is 12.1 Å². The van der Waals surface area contributed by atoms with Gasteiger partial charge in [-0.25, -0.2) is 0 Å². The van der Waals surface area contributed by atoms with Crippen LogP contribution in [0.2, 0.25) is 0 Å². The molecule has 1 unspecified atom stereocenters. The second-order valence-corrected chi connectivity index (χ2v) is 4.47. The van der Waals surface area contributed by atoms with Gasteiger partial charge in [0.25, 0.3) is 0 Å². The second kappa shape index (κ2) is 6.99. The number of aliphatic hydroxyl groups is 1. The highest BCUT2D eigenvalue weighted by molar-refractivity contribution is 5.70. The van der Waals surface area contributed by atoms with E-state index in [4.69, 9.17) is 4.74 Å². The van der Waals surface area contributed by atoms with E-state index in [1.54, 1.807) is 7.11 Å². The molecule has 0 saturated carbocycles. The highest BCUT2D eigenvalue weighted by Gasteiger charge is 2.13. The van der Waals surface area contributed by atoms with Crippen LogP contribution >= 0.6 is 0 Å². The molecule has 0 aliphatic carbocycles. The summed E-state index contributed by atoms with van der Waals surface area (Å²) >= 11 is 0. The molecular weight excluding hydrogens is 246 g/mol. The number of ether oxygens (including phenoxy) is 2. The summed E-state index contributed by atoms with van der Waals surface area (Å²) in [4.78, 5) is 11.0. The van der Waals surface area contributed by atoms with E-state index in [1.807, 2.05) is 26.0 Å². The SMILES string of the molecule is COC(=O)CC(O)CNc1c(C)cc(C)cc1OC. The van der Waals surface area contributed by atoms with Crippen molar-refractivity contribution in [3.63, 3.8) is 0 Å². The van der Waals surface area contributed by atoms with Crippen LogP contribution in [-0.4, -0.2) is 37.9 Å². The number of aliphatic hydroxyl groups excluding tert-OH is 1. The molecule has 0 aromatic heterocycles. The number of hydrogen-bond acceptors (Lipinski definition) is 5. The first-order chi connectivity index (χ1) is 8.97. The summed E-state index contributed by atoms with van der Waals surface area (Å²) in [6, 6.07) is 3.94. The largest absolute Gasteiger partial charge is 0.495 e. The van der Waals surface area contributed by atoms with Crippen molar-refractivity contribution < 1.29 is 19.4 Å². The first kappa shape index (κ1) is 15.3. The number of esters is 1. The second-order valence-electron chi connectivity index (χ2n) is 4.47. The molecule has 19 heavy (non-hydrogen) atoms. The molecular formula is C14H21NO4. The average Bonchev–Trinajstić information content (AvgIpc) is 2.36. The van der Waals surface area contributed by atoms with Crippen molar-refractivity contribution in [2.75, 3.05) is 26.1 Å². The third-order valence-electron chi connectivity index (χ3n) is 2.81. The van der Waals surface area contributed by atoms with E-state index < -0.39 is 12.1 Å². The molecule has 5 nitrogen and oxygen atoms in total. The minimum atomic E-state index is -0.794. The topological polar surface area (TPSA) is 67.8 Å². The average molecular weight is 267 g/mol. The number of nitrogens with one attached hydrogen (secondary N) is 1. The van der Waals surface area contributed by atoms with Crippen LogP contribution in [0, 0.1) is 13.8 Å². The molecule has 1 rings (SSSR count). The van der Waals surface area contributed by atoms with Gasteiger partial charge in [0, 0.05) is 6.54 Å². The van der Waals surface area contributed by atoms with Crippen LogP contribution < -0.4 is 10.1 Å². The molecule has 1 atom stereocenters. The van der Waals surface area contributed by atoms with Gasteiger partial charge in [0.2, 0.25) is 0 Å². The van der Waals surface area contributed by atoms with Crippen molar-refractivity contribution in [1.29, 1.82) is 0 Å². The van der Waals surface area contributed by atoms with E-state index in [0.29, 0.717) is 0 Å². The summed E-state index contributed by atoms with van der Waals surface area (Å²) in [6.45, 7) is 4.21. The van der Waals surface area contributed by atoms with Gasteiger partial charge in [-0.2, -0.15) is 0 Å². The smallest absolute Gasteiger partial charge is 0.308 e. The molecule has 0 aliphatic heterocycles. The predicted molar refractivity (Wildman–Crippen MR) is 73.6 cm³/mol. The van der Waals surface area contributed by atoms with E-state index in [-0.39, 0.29) is 13.0 Å².